The van der Waals surface area contributed by atoms with Crippen molar-refractivity contribution in [2.24, 2.45) is 0 Å². The second kappa shape index (κ2) is 7.57. The zero-order valence-corrected chi connectivity index (χ0v) is 15.1. The number of aromatic carboxylic acids is 1. The van der Waals surface area contributed by atoms with E-state index in [0.717, 1.165) is 5.56 Å². The summed E-state index contributed by atoms with van der Waals surface area (Å²) in [5.41, 5.74) is 1.42. The van der Waals surface area contributed by atoms with Crippen LogP contribution in [-0.4, -0.2) is 30.9 Å². The standard InChI is InChI=1S/C18H20N2O4S/c1-18(2,3)25(24)11-12-5-4-6-14(9-12)20-16(21)13-7-8-19-15(10-13)17(22)23/h4-10H,11H2,1-3H3,(H,20,21)(H,22,23). The topological polar surface area (TPSA) is 96.4 Å². The number of benzene rings is 1. The van der Waals surface area contributed by atoms with E-state index >= 15 is 0 Å². The first-order valence-electron chi connectivity index (χ1n) is 7.65. The second-order valence-electron chi connectivity index (χ2n) is 6.49. The van der Waals surface area contributed by atoms with Gasteiger partial charge in [0.05, 0.1) is 0 Å². The fraction of sp³-hybridized carbons (Fsp3) is 0.278. The molecule has 1 amide bonds. The van der Waals surface area contributed by atoms with Crippen LogP contribution in [-0.2, 0) is 16.6 Å². The molecule has 0 spiro atoms. The number of pyridine rings is 1. The van der Waals surface area contributed by atoms with Gasteiger partial charge in [0.15, 0.2) is 0 Å². The summed E-state index contributed by atoms with van der Waals surface area (Å²) in [5.74, 6) is -1.23. The largest absolute Gasteiger partial charge is 0.477 e. The Morgan fingerprint density at radius 1 is 1.20 bits per heavy atom. The molecule has 2 N–H and O–H groups in total. The molecule has 1 aromatic carbocycles. The molecule has 132 valence electrons. The van der Waals surface area contributed by atoms with Crippen LogP contribution >= 0.6 is 0 Å². The van der Waals surface area contributed by atoms with Crippen molar-refractivity contribution < 1.29 is 18.9 Å². The Morgan fingerprint density at radius 3 is 2.56 bits per heavy atom. The Morgan fingerprint density at radius 2 is 1.92 bits per heavy atom. The SMILES string of the molecule is CC(C)(C)S(=O)Cc1cccc(NC(=O)c2ccnc(C(=O)O)c2)c1. The molecule has 1 atom stereocenters. The number of aromatic nitrogens is 1. The maximum absolute atomic E-state index is 12.3. The Bertz CT molecular complexity index is 828. The average Bonchev–Trinajstić information content (AvgIpc) is 2.54. The molecular formula is C18H20N2O4S. The summed E-state index contributed by atoms with van der Waals surface area (Å²) in [6, 6.07) is 9.78. The van der Waals surface area contributed by atoms with Crippen LogP contribution in [0.15, 0.2) is 42.6 Å². The number of nitrogens with zero attached hydrogens (tertiary/aromatic N) is 1. The number of carboxylic acid groups (broad SMARTS) is 1. The highest BCUT2D eigenvalue weighted by atomic mass is 32.2. The van der Waals surface area contributed by atoms with Crippen LogP contribution in [0.2, 0.25) is 0 Å². The number of hydrogen-bond donors (Lipinski definition) is 2. The van der Waals surface area contributed by atoms with E-state index in [2.05, 4.69) is 10.3 Å². The van der Waals surface area contributed by atoms with Crippen LogP contribution < -0.4 is 5.32 Å². The van der Waals surface area contributed by atoms with E-state index in [1.165, 1.54) is 18.3 Å². The monoisotopic (exact) mass is 360 g/mol. The summed E-state index contributed by atoms with van der Waals surface area (Å²) in [7, 11) is -1.04. The molecule has 1 aromatic heterocycles. The predicted molar refractivity (Wildman–Crippen MR) is 97.2 cm³/mol. The number of carbonyl (C=O) groups is 2. The molecule has 7 heteroatoms. The van der Waals surface area contributed by atoms with Crippen molar-refractivity contribution in [1.29, 1.82) is 0 Å². The average molecular weight is 360 g/mol. The lowest BCUT2D eigenvalue weighted by molar-refractivity contribution is 0.0690. The van der Waals surface area contributed by atoms with E-state index in [1.54, 1.807) is 18.2 Å². The van der Waals surface area contributed by atoms with E-state index < -0.39 is 22.7 Å². The van der Waals surface area contributed by atoms with Crippen molar-refractivity contribution in [2.45, 2.75) is 31.3 Å². The number of anilines is 1. The summed E-state index contributed by atoms with van der Waals surface area (Å²) in [6.45, 7) is 5.74. The summed E-state index contributed by atoms with van der Waals surface area (Å²) in [5, 5.41) is 11.7. The zero-order valence-electron chi connectivity index (χ0n) is 14.3. The Balaban J connectivity index is 2.14. The van der Waals surface area contributed by atoms with Crippen LogP contribution in [0.4, 0.5) is 5.69 Å². The Hall–Kier alpha value is -2.54. The van der Waals surface area contributed by atoms with E-state index in [1.807, 2.05) is 26.8 Å². The van der Waals surface area contributed by atoms with Gasteiger partial charge in [0.2, 0.25) is 0 Å². The van der Waals surface area contributed by atoms with Crippen molar-refractivity contribution in [3.63, 3.8) is 0 Å². The molecule has 25 heavy (non-hydrogen) atoms. The number of rotatable bonds is 5. The van der Waals surface area contributed by atoms with Gasteiger partial charge in [-0.15, -0.1) is 0 Å². The van der Waals surface area contributed by atoms with Gasteiger partial charge in [0.1, 0.15) is 5.69 Å². The minimum atomic E-state index is -1.19. The van der Waals surface area contributed by atoms with Crippen molar-refractivity contribution in [3.8, 4) is 0 Å². The molecule has 1 heterocycles. The Labute approximate surface area is 148 Å². The van der Waals surface area contributed by atoms with Gasteiger partial charge in [-0.1, -0.05) is 12.1 Å². The van der Waals surface area contributed by atoms with Crippen LogP contribution in [0.1, 0.15) is 47.2 Å². The van der Waals surface area contributed by atoms with Crippen molar-refractivity contribution in [2.75, 3.05) is 5.32 Å². The van der Waals surface area contributed by atoms with Crippen molar-refractivity contribution in [3.05, 3.63) is 59.4 Å². The molecule has 0 saturated carbocycles. The van der Waals surface area contributed by atoms with Gasteiger partial charge in [0, 0.05) is 38.7 Å². The highest BCUT2D eigenvalue weighted by Crippen LogP contribution is 2.19. The molecule has 2 aromatic rings. The number of amides is 1. The first kappa shape index (κ1) is 18.8. The van der Waals surface area contributed by atoms with Gasteiger partial charge in [0.25, 0.3) is 5.91 Å². The lowest BCUT2D eigenvalue weighted by Gasteiger charge is -2.18. The smallest absolute Gasteiger partial charge is 0.354 e. The minimum Gasteiger partial charge on any atom is -0.477 e. The lowest BCUT2D eigenvalue weighted by atomic mass is 10.2. The molecule has 0 radical (unpaired) electrons. The van der Waals surface area contributed by atoms with Crippen molar-refractivity contribution in [1.82, 2.24) is 4.98 Å². The fourth-order valence-corrected chi connectivity index (χ4v) is 2.91. The molecular weight excluding hydrogens is 340 g/mol. The van der Waals surface area contributed by atoms with Gasteiger partial charge in [-0.25, -0.2) is 9.78 Å². The van der Waals surface area contributed by atoms with E-state index in [-0.39, 0.29) is 16.0 Å². The molecule has 0 aliphatic carbocycles. The van der Waals surface area contributed by atoms with Gasteiger partial charge in [-0.3, -0.25) is 9.00 Å². The Kier molecular flexibility index (Phi) is 5.69. The third-order valence-electron chi connectivity index (χ3n) is 3.41. The highest BCUT2D eigenvalue weighted by Gasteiger charge is 2.19. The third kappa shape index (κ3) is 5.22. The summed E-state index contributed by atoms with van der Waals surface area (Å²) in [6.07, 6.45) is 1.28. The molecule has 0 aliphatic rings. The number of hydrogen-bond acceptors (Lipinski definition) is 4. The summed E-state index contributed by atoms with van der Waals surface area (Å²) in [4.78, 5) is 26.9. The third-order valence-corrected chi connectivity index (χ3v) is 5.37. The van der Waals surface area contributed by atoms with E-state index in [9.17, 15) is 13.8 Å². The molecule has 0 bridgehead atoms. The second-order valence-corrected chi connectivity index (χ2v) is 8.70. The molecule has 0 fully saturated rings. The minimum absolute atomic E-state index is 0.193. The molecule has 6 nitrogen and oxygen atoms in total. The molecule has 1 unspecified atom stereocenters. The van der Waals surface area contributed by atoms with Gasteiger partial charge in [-0.2, -0.15) is 0 Å². The lowest BCUT2D eigenvalue weighted by Crippen LogP contribution is -2.23. The van der Waals surface area contributed by atoms with Gasteiger partial charge >= 0.3 is 5.97 Å². The first-order chi connectivity index (χ1) is 11.7. The quantitative estimate of drug-likeness (QED) is 0.854. The first-order valence-corrected chi connectivity index (χ1v) is 8.97. The summed E-state index contributed by atoms with van der Waals surface area (Å²) >= 11 is 0. The molecule has 0 saturated heterocycles. The van der Waals surface area contributed by atoms with E-state index in [0.29, 0.717) is 11.4 Å². The predicted octanol–water partition coefficient (Wildman–Crippen LogP) is 3.08. The number of nitrogens with one attached hydrogen (secondary N) is 1. The molecule has 2 rings (SSSR count). The van der Waals surface area contributed by atoms with Gasteiger partial charge < -0.3 is 10.4 Å². The van der Waals surface area contributed by atoms with Crippen LogP contribution in [0, 0.1) is 0 Å². The maximum atomic E-state index is 12.3. The fourth-order valence-electron chi connectivity index (χ4n) is 2.00. The van der Waals surface area contributed by atoms with Crippen LogP contribution in [0.3, 0.4) is 0 Å². The maximum Gasteiger partial charge on any atom is 0.354 e. The molecule has 0 aliphatic heterocycles. The number of carboxylic acids is 1. The van der Waals surface area contributed by atoms with E-state index in [4.69, 9.17) is 5.11 Å². The number of carbonyl (C=O) groups excluding carboxylic acids is 1. The van der Waals surface area contributed by atoms with Crippen molar-refractivity contribution >= 4 is 28.4 Å². The summed E-state index contributed by atoms with van der Waals surface area (Å²) < 4.78 is 11.9. The highest BCUT2D eigenvalue weighted by molar-refractivity contribution is 7.85. The van der Waals surface area contributed by atoms with Gasteiger partial charge in [-0.05, 0) is 50.6 Å². The van der Waals surface area contributed by atoms with Crippen LogP contribution in [0.5, 0.6) is 0 Å². The zero-order chi connectivity index (χ0) is 18.6. The normalized spacial score (nSPS) is 12.4. The van der Waals surface area contributed by atoms with Crippen LogP contribution in [0.25, 0.3) is 0 Å².